The van der Waals surface area contributed by atoms with Crippen molar-refractivity contribution in [3.05, 3.63) is 0 Å². The number of hydrogen-bond donors (Lipinski definition) is 1. The molecule has 1 N–H and O–H groups in total. The Morgan fingerprint density at radius 2 is 2.15 bits per heavy atom. The highest BCUT2D eigenvalue weighted by atomic mass is 15.2. The fourth-order valence-electron chi connectivity index (χ4n) is 2.07. The Hall–Kier alpha value is -0.530. The lowest BCUT2D eigenvalue weighted by Crippen LogP contribution is -2.44. The molecule has 1 aliphatic rings. The van der Waals surface area contributed by atoms with Gasteiger partial charge in [0.05, 0.1) is 5.84 Å². The second-order valence-corrected chi connectivity index (χ2v) is 4.29. The maximum absolute atomic E-state index is 8.00. The van der Waals surface area contributed by atoms with Crippen LogP contribution in [-0.4, -0.2) is 23.3 Å². The van der Waals surface area contributed by atoms with E-state index < -0.39 is 0 Å². The lowest BCUT2D eigenvalue weighted by atomic mass is 9.98. The van der Waals surface area contributed by atoms with Crippen LogP contribution >= 0.6 is 0 Å². The molecule has 0 saturated carbocycles. The minimum Gasteiger partial charge on any atom is -0.357 e. The number of amidine groups is 1. The zero-order valence-electron chi connectivity index (χ0n) is 9.14. The van der Waals surface area contributed by atoms with Crippen molar-refractivity contribution in [1.29, 1.82) is 5.41 Å². The lowest BCUT2D eigenvalue weighted by molar-refractivity contribution is 0.226. The van der Waals surface area contributed by atoms with Gasteiger partial charge in [-0.05, 0) is 25.7 Å². The SMILES string of the molecule is CCC1CCCCN1C(=N)C(C)C. The number of nitrogens with zero attached hydrogens (tertiary/aromatic N) is 1. The third-order valence-electron chi connectivity index (χ3n) is 2.95. The van der Waals surface area contributed by atoms with Crippen LogP contribution < -0.4 is 0 Å². The molecule has 1 fully saturated rings. The highest BCUT2D eigenvalue weighted by Crippen LogP contribution is 2.21. The van der Waals surface area contributed by atoms with Crippen LogP contribution in [0.15, 0.2) is 0 Å². The Kier molecular flexibility index (Phi) is 3.76. The van der Waals surface area contributed by atoms with Crippen LogP contribution in [0.2, 0.25) is 0 Å². The fourth-order valence-corrected chi connectivity index (χ4v) is 2.07. The molecule has 0 amide bonds. The van der Waals surface area contributed by atoms with Crippen molar-refractivity contribution < 1.29 is 0 Å². The molecule has 1 heterocycles. The zero-order chi connectivity index (χ0) is 9.84. The van der Waals surface area contributed by atoms with Crippen LogP contribution in [0, 0.1) is 11.3 Å². The largest absolute Gasteiger partial charge is 0.357 e. The van der Waals surface area contributed by atoms with E-state index in [1.165, 1.54) is 25.7 Å². The first-order valence-electron chi connectivity index (χ1n) is 5.52. The lowest BCUT2D eigenvalue weighted by Gasteiger charge is -2.38. The molecule has 0 aromatic heterocycles. The number of hydrogen-bond acceptors (Lipinski definition) is 1. The van der Waals surface area contributed by atoms with Crippen LogP contribution in [0.1, 0.15) is 46.5 Å². The molecule has 1 unspecified atom stereocenters. The highest BCUT2D eigenvalue weighted by Gasteiger charge is 2.23. The second-order valence-electron chi connectivity index (χ2n) is 4.29. The van der Waals surface area contributed by atoms with Gasteiger partial charge in [-0.3, -0.25) is 5.41 Å². The van der Waals surface area contributed by atoms with E-state index in [4.69, 9.17) is 5.41 Å². The summed E-state index contributed by atoms with van der Waals surface area (Å²) in [7, 11) is 0. The molecule has 0 bridgehead atoms. The van der Waals surface area contributed by atoms with Gasteiger partial charge in [-0.1, -0.05) is 20.8 Å². The van der Waals surface area contributed by atoms with Gasteiger partial charge >= 0.3 is 0 Å². The monoisotopic (exact) mass is 182 g/mol. The number of nitrogens with one attached hydrogen (secondary N) is 1. The standard InChI is InChI=1S/C11H22N2/c1-4-10-7-5-6-8-13(10)11(12)9(2)3/h9-10,12H,4-8H2,1-3H3. The fraction of sp³-hybridized carbons (Fsp3) is 0.909. The smallest absolute Gasteiger partial charge is 0.0986 e. The molecular formula is C11H22N2. The van der Waals surface area contributed by atoms with E-state index in [0.29, 0.717) is 12.0 Å². The Morgan fingerprint density at radius 3 is 2.69 bits per heavy atom. The summed E-state index contributed by atoms with van der Waals surface area (Å²) in [5, 5.41) is 8.00. The van der Waals surface area contributed by atoms with E-state index in [1.807, 2.05) is 0 Å². The summed E-state index contributed by atoms with van der Waals surface area (Å²) in [5.74, 6) is 1.22. The molecule has 1 atom stereocenters. The maximum atomic E-state index is 8.00. The van der Waals surface area contributed by atoms with Crippen LogP contribution in [0.3, 0.4) is 0 Å². The normalized spacial score (nSPS) is 23.7. The quantitative estimate of drug-likeness (QED) is 0.516. The van der Waals surface area contributed by atoms with Gasteiger partial charge in [0.1, 0.15) is 0 Å². The van der Waals surface area contributed by atoms with Crippen LogP contribution in [0.4, 0.5) is 0 Å². The van der Waals surface area contributed by atoms with E-state index in [-0.39, 0.29) is 0 Å². The molecule has 1 saturated heterocycles. The average Bonchev–Trinajstić information content (AvgIpc) is 2.16. The van der Waals surface area contributed by atoms with Crippen LogP contribution in [0.5, 0.6) is 0 Å². The Balaban J connectivity index is 2.58. The number of piperidine rings is 1. The third kappa shape index (κ3) is 2.45. The molecule has 2 heteroatoms. The van der Waals surface area contributed by atoms with Crippen LogP contribution in [-0.2, 0) is 0 Å². The van der Waals surface area contributed by atoms with Gasteiger partial charge in [-0.25, -0.2) is 0 Å². The van der Waals surface area contributed by atoms with E-state index in [1.54, 1.807) is 0 Å². The summed E-state index contributed by atoms with van der Waals surface area (Å²) < 4.78 is 0. The van der Waals surface area contributed by atoms with Gasteiger partial charge in [-0.15, -0.1) is 0 Å². The molecule has 0 radical (unpaired) electrons. The Bertz CT molecular complexity index is 175. The van der Waals surface area contributed by atoms with Gasteiger partial charge < -0.3 is 4.90 Å². The van der Waals surface area contributed by atoms with Crippen LogP contribution in [0.25, 0.3) is 0 Å². The second kappa shape index (κ2) is 4.64. The Morgan fingerprint density at radius 1 is 1.46 bits per heavy atom. The summed E-state index contributed by atoms with van der Waals surface area (Å²) in [6, 6.07) is 0.642. The highest BCUT2D eigenvalue weighted by molar-refractivity contribution is 5.81. The predicted octanol–water partition coefficient (Wildman–Crippen LogP) is 2.88. The number of likely N-dealkylation sites (tertiary alicyclic amines) is 1. The van der Waals surface area contributed by atoms with E-state index >= 15 is 0 Å². The first-order valence-corrected chi connectivity index (χ1v) is 5.52. The molecule has 1 rings (SSSR count). The summed E-state index contributed by atoms with van der Waals surface area (Å²) in [6.45, 7) is 7.57. The average molecular weight is 182 g/mol. The molecular weight excluding hydrogens is 160 g/mol. The van der Waals surface area contributed by atoms with E-state index in [0.717, 1.165) is 12.4 Å². The minimum absolute atomic E-state index is 0.382. The molecule has 0 spiro atoms. The first-order chi connectivity index (χ1) is 6.16. The van der Waals surface area contributed by atoms with Crippen molar-refractivity contribution in [3.63, 3.8) is 0 Å². The molecule has 0 aromatic carbocycles. The molecule has 2 nitrogen and oxygen atoms in total. The van der Waals surface area contributed by atoms with Gasteiger partial charge in [0.25, 0.3) is 0 Å². The maximum Gasteiger partial charge on any atom is 0.0986 e. The van der Waals surface area contributed by atoms with Crippen molar-refractivity contribution >= 4 is 5.84 Å². The van der Waals surface area contributed by atoms with Gasteiger partial charge in [-0.2, -0.15) is 0 Å². The van der Waals surface area contributed by atoms with Gasteiger partial charge in [0, 0.05) is 18.5 Å². The minimum atomic E-state index is 0.382. The zero-order valence-corrected chi connectivity index (χ0v) is 9.14. The van der Waals surface area contributed by atoms with Crippen molar-refractivity contribution in [2.24, 2.45) is 5.92 Å². The first kappa shape index (κ1) is 10.6. The van der Waals surface area contributed by atoms with Crippen molar-refractivity contribution in [2.45, 2.75) is 52.5 Å². The summed E-state index contributed by atoms with van der Waals surface area (Å²) in [4.78, 5) is 2.31. The van der Waals surface area contributed by atoms with Gasteiger partial charge in [0.2, 0.25) is 0 Å². The van der Waals surface area contributed by atoms with Crippen molar-refractivity contribution in [3.8, 4) is 0 Å². The Labute approximate surface area is 81.8 Å². The summed E-state index contributed by atoms with van der Waals surface area (Å²) in [6.07, 6.45) is 5.09. The van der Waals surface area contributed by atoms with E-state index in [9.17, 15) is 0 Å². The molecule has 13 heavy (non-hydrogen) atoms. The van der Waals surface area contributed by atoms with E-state index in [2.05, 4.69) is 25.7 Å². The molecule has 0 aliphatic carbocycles. The van der Waals surface area contributed by atoms with Gasteiger partial charge in [0.15, 0.2) is 0 Å². The topological polar surface area (TPSA) is 27.1 Å². The van der Waals surface area contributed by atoms with Crippen molar-refractivity contribution in [2.75, 3.05) is 6.54 Å². The van der Waals surface area contributed by atoms with Crippen molar-refractivity contribution in [1.82, 2.24) is 4.90 Å². The predicted molar refractivity (Wildman–Crippen MR) is 57.2 cm³/mol. The molecule has 76 valence electrons. The third-order valence-corrected chi connectivity index (χ3v) is 2.95. The number of rotatable bonds is 2. The summed E-state index contributed by atoms with van der Waals surface area (Å²) >= 11 is 0. The molecule has 1 aliphatic heterocycles. The summed E-state index contributed by atoms with van der Waals surface area (Å²) in [5.41, 5.74) is 0. The molecule has 0 aromatic rings.